The minimum atomic E-state index is -4.51. The minimum absolute atomic E-state index is 0.112. The van der Waals surface area contributed by atoms with E-state index < -0.39 is 11.9 Å². The van der Waals surface area contributed by atoms with Gasteiger partial charge in [0.1, 0.15) is 29.6 Å². The van der Waals surface area contributed by atoms with E-state index in [9.17, 15) is 13.2 Å². The lowest BCUT2D eigenvalue weighted by atomic mass is 10.1. The van der Waals surface area contributed by atoms with E-state index >= 15 is 0 Å². The summed E-state index contributed by atoms with van der Waals surface area (Å²) >= 11 is 0. The molecule has 1 aliphatic rings. The van der Waals surface area contributed by atoms with E-state index in [1.54, 1.807) is 0 Å². The zero-order chi connectivity index (χ0) is 17.9. The van der Waals surface area contributed by atoms with Crippen molar-refractivity contribution in [3.63, 3.8) is 0 Å². The van der Waals surface area contributed by atoms with Gasteiger partial charge in [-0.1, -0.05) is 0 Å². The normalized spacial score (nSPS) is 17.8. The van der Waals surface area contributed by atoms with Gasteiger partial charge in [-0.05, 0) is 18.9 Å². The number of aromatic nitrogens is 4. The van der Waals surface area contributed by atoms with Gasteiger partial charge in [-0.25, -0.2) is 19.9 Å². The summed E-state index contributed by atoms with van der Waals surface area (Å²) in [7, 11) is 0. The summed E-state index contributed by atoms with van der Waals surface area (Å²) < 4.78 is 38.2. The fraction of sp³-hybridized carbons (Fsp3) is 0.400. The zero-order valence-corrected chi connectivity index (χ0v) is 13.0. The molecule has 1 unspecified atom stereocenters. The summed E-state index contributed by atoms with van der Waals surface area (Å²) in [5, 5.41) is 11.9. The number of anilines is 2. The Morgan fingerprint density at radius 3 is 2.88 bits per heavy atom. The second-order valence-corrected chi connectivity index (χ2v) is 5.57. The van der Waals surface area contributed by atoms with Crippen LogP contribution in [0.2, 0.25) is 0 Å². The van der Waals surface area contributed by atoms with Gasteiger partial charge in [0.15, 0.2) is 0 Å². The number of halogens is 3. The van der Waals surface area contributed by atoms with E-state index in [1.165, 1.54) is 12.3 Å². The minimum Gasteiger partial charge on any atom is -0.365 e. The van der Waals surface area contributed by atoms with Crippen LogP contribution in [0.4, 0.5) is 24.9 Å². The average Bonchev–Trinajstić information content (AvgIpc) is 2.61. The number of alkyl halides is 3. The Morgan fingerprint density at radius 1 is 1.28 bits per heavy atom. The molecule has 3 heterocycles. The van der Waals surface area contributed by atoms with E-state index in [0.717, 1.165) is 25.2 Å². The molecule has 1 N–H and O–H groups in total. The molecule has 0 aromatic carbocycles. The van der Waals surface area contributed by atoms with E-state index in [-0.39, 0.29) is 17.6 Å². The maximum Gasteiger partial charge on any atom is 0.433 e. The highest BCUT2D eigenvalue weighted by molar-refractivity contribution is 5.40. The van der Waals surface area contributed by atoms with Gasteiger partial charge < -0.3 is 10.2 Å². The van der Waals surface area contributed by atoms with Crippen molar-refractivity contribution >= 4 is 11.8 Å². The van der Waals surface area contributed by atoms with Crippen LogP contribution in [0.25, 0.3) is 0 Å². The molecule has 0 radical (unpaired) electrons. The van der Waals surface area contributed by atoms with Crippen LogP contribution in [-0.4, -0.2) is 39.1 Å². The second-order valence-electron chi connectivity index (χ2n) is 5.57. The molecule has 0 saturated carbocycles. The van der Waals surface area contributed by atoms with E-state index in [0.29, 0.717) is 19.0 Å². The highest BCUT2D eigenvalue weighted by Gasteiger charge is 2.33. The van der Waals surface area contributed by atoms with Gasteiger partial charge in [0.2, 0.25) is 5.95 Å². The van der Waals surface area contributed by atoms with Crippen LogP contribution < -0.4 is 10.2 Å². The number of nitriles is 1. The van der Waals surface area contributed by atoms with Crippen molar-refractivity contribution in [2.24, 2.45) is 0 Å². The molecule has 3 rings (SSSR count). The molecule has 1 atom stereocenters. The van der Waals surface area contributed by atoms with Crippen LogP contribution in [0.15, 0.2) is 24.7 Å². The summed E-state index contributed by atoms with van der Waals surface area (Å²) in [6.07, 6.45) is -0.512. The molecule has 1 aliphatic heterocycles. The first-order chi connectivity index (χ1) is 12.0. The molecule has 0 spiro atoms. The summed E-state index contributed by atoms with van der Waals surface area (Å²) in [5.74, 6) is 0.560. The van der Waals surface area contributed by atoms with Crippen molar-refractivity contribution in [3.8, 4) is 6.07 Å². The lowest BCUT2D eigenvalue weighted by Gasteiger charge is -2.33. The molecule has 7 nitrogen and oxygen atoms in total. The molecular weight excluding hydrogens is 335 g/mol. The molecule has 1 fully saturated rings. The number of rotatable bonds is 3. The first-order valence-corrected chi connectivity index (χ1v) is 7.59. The van der Waals surface area contributed by atoms with Gasteiger partial charge in [-0.15, -0.1) is 0 Å². The van der Waals surface area contributed by atoms with Gasteiger partial charge in [0.05, 0.1) is 0 Å². The summed E-state index contributed by atoms with van der Waals surface area (Å²) in [6.45, 7) is 1.21. The molecule has 0 aliphatic carbocycles. The van der Waals surface area contributed by atoms with Crippen molar-refractivity contribution < 1.29 is 13.2 Å². The van der Waals surface area contributed by atoms with Crippen LogP contribution in [-0.2, 0) is 6.18 Å². The Hall–Kier alpha value is -2.96. The van der Waals surface area contributed by atoms with Gasteiger partial charge in [0.25, 0.3) is 0 Å². The SMILES string of the molecule is N#Cc1ccnc(N2CCCC(Nc3cc(C(F)(F)F)ncn3)C2)n1. The molecule has 2 aromatic heterocycles. The topological polar surface area (TPSA) is 90.6 Å². The predicted molar refractivity (Wildman–Crippen MR) is 82.6 cm³/mol. The molecule has 2 aromatic rings. The smallest absolute Gasteiger partial charge is 0.365 e. The second kappa shape index (κ2) is 6.88. The van der Waals surface area contributed by atoms with Crippen molar-refractivity contribution in [1.82, 2.24) is 19.9 Å². The molecule has 0 bridgehead atoms. The first kappa shape index (κ1) is 16.9. The highest BCUT2D eigenvalue weighted by Crippen LogP contribution is 2.28. The van der Waals surface area contributed by atoms with Crippen LogP contribution in [0.1, 0.15) is 24.2 Å². The predicted octanol–water partition coefficient (Wildman–Crippen LogP) is 2.24. The highest BCUT2D eigenvalue weighted by atomic mass is 19.4. The molecule has 1 saturated heterocycles. The van der Waals surface area contributed by atoms with Crippen molar-refractivity contribution in [2.45, 2.75) is 25.1 Å². The van der Waals surface area contributed by atoms with Crippen LogP contribution in [0, 0.1) is 11.3 Å². The Labute approximate surface area is 141 Å². The lowest BCUT2D eigenvalue weighted by Crippen LogP contribution is -2.43. The molecule has 10 heteroatoms. The molecular formula is C15H14F3N7. The molecule has 130 valence electrons. The first-order valence-electron chi connectivity index (χ1n) is 7.59. The largest absolute Gasteiger partial charge is 0.433 e. The standard InChI is InChI=1S/C15H14F3N7/c16-15(17,18)12-6-13(22-9-21-12)23-11-2-1-5-25(8-11)14-20-4-3-10(7-19)24-14/h3-4,6,9,11H,1-2,5,8H2,(H,21,22,23). The Balaban J connectivity index is 1.71. The van der Waals surface area contributed by atoms with Crippen LogP contribution in [0.3, 0.4) is 0 Å². The Morgan fingerprint density at radius 2 is 2.12 bits per heavy atom. The Bertz CT molecular complexity index is 787. The molecule has 0 amide bonds. The third kappa shape index (κ3) is 4.12. The monoisotopic (exact) mass is 349 g/mol. The zero-order valence-electron chi connectivity index (χ0n) is 13.0. The average molecular weight is 349 g/mol. The summed E-state index contributed by atoms with van der Waals surface area (Å²) in [5.41, 5.74) is -0.714. The maximum atomic E-state index is 12.7. The van der Waals surface area contributed by atoms with E-state index in [2.05, 4.69) is 25.3 Å². The number of hydrogen-bond donors (Lipinski definition) is 1. The summed E-state index contributed by atoms with van der Waals surface area (Å²) in [4.78, 5) is 17.3. The van der Waals surface area contributed by atoms with Gasteiger partial charge in [-0.2, -0.15) is 18.4 Å². The third-order valence-electron chi connectivity index (χ3n) is 3.77. The van der Waals surface area contributed by atoms with Crippen molar-refractivity contribution in [3.05, 3.63) is 36.0 Å². The van der Waals surface area contributed by atoms with Crippen molar-refractivity contribution in [2.75, 3.05) is 23.3 Å². The van der Waals surface area contributed by atoms with E-state index in [4.69, 9.17) is 5.26 Å². The Kier molecular flexibility index (Phi) is 4.65. The molecule has 25 heavy (non-hydrogen) atoms. The summed E-state index contributed by atoms with van der Waals surface area (Å²) in [6, 6.07) is 4.26. The van der Waals surface area contributed by atoms with Gasteiger partial charge in [-0.3, -0.25) is 0 Å². The van der Waals surface area contributed by atoms with Crippen molar-refractivity contribution in [1.29, 1.82) is 5.26 Å². The third-order valence-corrected chi connectivity index (χ3v) is 3.77. The van der Waals surface area contributed by atoms with Crippen LogP contribution >= 0.6 is 0 Å². The lowest BCUT2D eigenvalue weighted by molar-refractivity contribution is -0.141. The number of piperidine rings is 1. The van der Waals surface area contributed by atoms with Crippen LogP contribution in [0.5, 0.6) is 0 Å². The van der Waals surface area contributed by atoms with Gasteiger partial charge >= 0.3 is 6.18 Å². The maximum absolute atomic E-state index is 12.7. The fourth-order valence-electron chi connectivity index (χ4n) is 2.64. The number of nitrogens with zero attached hydrogens (tertiary/aromatic N) is 6. The van der Waals surface area contributed by atoms with E-state index in [1.807, 2.05) is 11.0 Å². The number of hydrogen-bond acceptors (Lipinski definition) is 7. The fourth-order valence-corrected chi connectivity index (χ4v) is 2.64. The quantitative estimate of drug-likeness (QED) is 0.909. The number of nitrogens with one attached hydrogen (secondary N) is 1. The van der Waals surface area contributed by atoms with Gasteiger partial charge in [0, 0.05) is 31.4 Å².